The molecule has 1 nitrogen and oxygen atoms in total. The fourth-order valence-corrected chi connectivity index (χ4v) is 2.59. The molecule has 0 heterocycles. The summed E-state index contributed by atoms with van der Waals surface area (Å²) in [6, 6.07) is 0. The molecule has 0 amide bonds. The zero-order valence-corrected chi connectivity index (χ0v) is 14.0. The fourth-order valence-electron chi connectivity index (χ4n) is 2.59. The van der Waals surface area contributed by atoms with E-state index in [0.717, 1.165) is 18.4 Å². The molecule has 0 unspecified atom stereocenters. The van der Waals surface area contributed by atoms with Gasteiger partial charge in [-0.15, -0.1) is 0 Å². The summed E-state index contributed by atoms with van der Waals surface area (Å²) < 4.78 is 0. The molecule has 0 N–H and O–H groups in total. The second-order valence-electron chi connectivity index (χ2n) is 6.31. The summed E-state index contributed by atoms with van der Waals surface area (Å²) >= 11 is 0. The third kappa shape index (κ3) is 15.5. The first-order valence-electron chi connectivity index (χ1n) is 8.83. The van der Waals surface area contributed by atoms with Gasteiger partial charge < -0.3 is 0 Å². The molecule has 118 valence electrons. The number of rotatable bonds is 15. The summed E-state index contributed by atoms with van der Waals surface area (Å²) in [6.45, 7) is 7.98. The molecule has 0 aliphatic rings. The van der Waals surface area contributed by atoms with Crippen LogP contribution >= 0.6 is 0 Å². The number of Topliss-reactive ketones (excluding diaryl/α,β-unsaturated/α-hetero) is 1. The van der Waals surface area contributed by atoms with E-state index in [2.05, 4.69) is 13.5 Å². The summed E-state index contributed by atoms with van der Waals surface area (Å²) in [7, 11) is 0. The van der Waals surface area contributed by atoms with Crippen LogP contribution in [0.3, 0.4) is 0 Å². The van der Waals surface area contributed by atoms with Crippen LogP contribution in [0.2, 0.25) is 0 Å². The Bertz CT molecular complexity index is 242. The van der Waals surface area contributed by atoms with Crippen molar-refractivity contribution in [2.45, 2.75) is 104 Å². The van der Waals surface area contributed by atoms with Crippen molar-refractivity contribution in [3.63, 3.8) is 0 Å². The molecule has 20 heavy (non-hydrogen) atoms. The van der Waals surface area contributed by atoms with Gasteiger partial charge in [0.15, 0.2) is 0 Å². The lowest BCUT2D eigenvalue weighted by atomic mass is 10.0. The van der Waals surface area contributed by atoms with Crippen LogP contribution in [-0.2, 0) is 4.79 Å². The van der Waals surface area contributed by atoms with Gasteiger partial charge >= 0.3 is 0 Å². The number of hydrogen-bond acceptors (Lipinski definition) is 1. The van der Waals surface area contributed by atoms with Gasteiger partial charge in [-0.3, -0.25) is 4.79 Å². The maximum absolute atomic E-state index is 11.5. The van der Waals surface area contributed by atoms with Gasteiger partial charge in [-0.1, -0.05) is 89.7 Å². The van der Waals surface area contributed by atoms with E-state index >= 15 is 0 Å². The smallest absolute Gasteiger partial charge is 0.136 e. The third-order valence-corrected chi connectivity index (χ3v) is 3.81. The predicted molar refractivity (Wildman–Crippen MR) is 90.1 cm³/mol. The Kier molecular flexibility index (Phi) is 14.4. The second-order valence-corrected chi connectivity index (χ2v) is 6.31. The first-order chi connectivity index (χ1) is 9.66. The third-order valence-electron chi connectivity index (χ3n) is 3.81. The van der Waals surface area contributed by atoms with Crippen LogP contribution in [0.15, 0.2) is 12.2 Å². The highest BCUT2D eigenvalue weighted by Crippen LogP contribution is 2.13. The van der Waals surface area contributed by atoms with E-state index in [0.29, 0.717) is 12.2 Å². The van der Waals surface area contributed by atoms with Crippen LogP contribution in [0.1, 0.15) is 104 Å². The van der Waals surface area contributed by atoms with Crippen molar-refractivity contribution in [3.05, 3.63) is 12.2 Å². The van der Waals surface area contributed by atoms with E-state index in [1.165, 1.54) is 70.6 Å². The molecule has 0 spiro atoms. The zero-order valence-electron chi connectivity index (χ0n) is 14.0. The highest BCUT2D eigenvalue weighted by atomic mass is 16.1. The largest absolute Gasteiger partial charge is 0.299 e. The molecule has 1 heteroatoms. The van der Waals surface area contributed by atoms with Crippen molar-refractivity contribution in [2.24, 2.45) is 0 Å². The first-order valence-corrected chi connectivity index (χ1v) is 8.83. The van der Waals surface area contributed by atoms with Gasteiger partial charge in [0.2, 0.25) is 0 Å². The van der Waals surface area contributed by atoms with Gasteiger partial charge in [-0.2, -0.15) is 0 Å². The number of carbonyl (C=O) groups excluding carboxylic acids is 1. The average Bonchev–Trinajstić information content (AvgIpc) is 2.39. The van der Waals surface area contributed by atoms with Crippen LogP contribution in [0, 0.1) is 0 Å². The SMILES string of the molecule is C=C(C)CC(=O)CCCCCCCCCCCCCC. The summed E-state index contributed by atoms with van der Waals surface area (Å²) in [4.78, 5) is 11.5. The molecule has 0 aromatic heterocycles. The van der Waals surface area contributed by atoms with Crippen molar-refractivity contribution in [1.29, 1.82) is 0 Å². The van der Waals surface area contributed by atoms with Crippen molar-refractivity contribution < 1.29 is 4.79 Å². The lowest BCUT2D eigenvalue weighted by Crippen LogP contribution is -1.97. The van der Waals surface area contributed by atoms with Crippen molar-refractivity contribution >= 4 is 5.78 Å². The number of allylic oxidation sites excluding steroid dienone is 1. The topological polar surface area (TPSA) is 17.1 Å². The number of ketones is 1. The Balaban J connectivity index is 3.09. The maximum Gasteiger partial charge on any atom is 0.136 e. The minimum Gasteiger partial charge on any atom is -0.299 e. The second kappa shape index (κ2) is 14.8. The summed E-state index contributed by atoms with van der Waals surface area (Å²) in [5, 5.41) is 0. The van der Waals surface area contributed by atoms with Crippen molar-refractivity contribution in [3.8, 4) is 0 Å². The predicted octanol–water partition coefficient (Wildman–Crippen LogP) is 6.61. The minimum absolute atomic E-state index is 0.365. The van der Waals surface area contributed by atoms with Gasteiger partial charge in [0.25, 0.3) is 0 Å². The van der Waals surface area contributed by atoms with E-state index in [4.69, 9.17) is 0 Å². The molecule has 0 saturated carbocycles. The Hall–Kier alpha value is -0.590. The van der Waals surface area contributed by atoms with Gasteiger partial charge in [-0.05, 0) is 13.3 Å². The highest BCUT2D eigenvalue weighted by Gasteiger charge is 2.01. The average molecular weight is 280 g/mol. The minimum atomic E-state index is 0.365. The molecule has 0 radical (unpaired) electrons. The van der Waals surface area contributed by atoms with Gasteiger partial charge in [-0.25, -0.2) is 0 Å². The maximum atomic E-state index is 11.5. The Morgan fingerprint density at radius 1 is 0.750 bits per heavy atom. The molecule has 0 aliphatic carbocycles. The number of unbranched alkanes of at least 4 members (excludes halogenated alkanes) is 11. The van der Waals surface area contributed by atoms with Crippen molar-refractivity contribution in [2.75, 3.05) is 0 Å². The molecular formula is C19H36O. The Morgan fingerprint density at radius 3 is 1.55 bits per heavy atom. The Labute approximate surface area is 127 Å². The van der Waals surface area contributed by atoms with Crippen LogP contribution in [0.5, 0.6) is 0 Å². The standard InChI is InChI=1S/C19H36O/c1-4-5-6-7-8-9-10-11-12-13-14-15-16-19(20)17-18(2)3/h2,4-17H2,1,3H3. The van der Waals surface area contributed by atoms with E-state index < -0.39 is 0 Å². The normalized spacial score (nSPS) is 10.7. The highest BCUT2D eigenvalue weighted by molar-refractivity contribution is 5.80. The first kappa shape index (κ1) is 19.4. The lowest BCUT2D eigenvalue weighted by Gasteiger charge is -2.03. The monoisotopic (exact) mass is 280 g/mol. The molecule has 0 aliphatic heterocycles. The summed E-state index contributed by atoms with van der Waals surface area (Å²) in [5.74, 6) is 0.365. The molecule has 0 rings (SSSR count). The fraction of sp³-hybridized carbons (Fsp3) is 0.842. The Morgan fingerprint density at radius 2 is 1.15 bits per heavy atom. The van der Waals surface area contributed by atoms with Crippen LogP contribution in [-0.4, -0.2) is 5.78 Å². The lowest BCUT2D eigenvalue weighted by molar-refractivity contribution is -0.118. The van der Waals surface area contributed by atoms with Gasteiger partial charge in [0.1, 0.15) is 5.78 Å². The van der Waals surface area contributed by atoms with E-state index in [-0.39, 0.29) is 0 Å². The van der Waals surface area contributed by atoms with E-state index in [9.17, 15) is 4.79 Å². The molecule has 0 saturated heterocycles. The zero-order chi connectivity index (χ0) is 15.1. The summed E-state index contributed by atoms with van der Waals surface area (Å²) in [5.41, 5.74) is 0.994. The molecule has 0 fully saturated rings. The number of hydrogen-bond donors (Lipinski definition) is 0. The molecule has 0 aromatic carbocycles. The van der Waals surface area contributed by atoms with E-state index in [1.54, 1.807) is 0 Å². The van der Waals surface area contributed by atoms with Crippen molar-refractivity contribution in [1.82, 2.24) is 0 Å². The quantitative estimate of drug-likeness (QED) is 0.243. The molecule has 0 aromatic rings. The van der Waals surface area contributed by atoms with Crippen LogP contribution in [0.25, 0.3) is 0 Å². The molecular weight excluding hydrogens is 244 g/mol. The van der Waals surface area contributed by atoms with Gasteiger partial charge in [0, 0.05) is 12.8 Å². The summed E-state index contributed by atoms with van der Waals surface area (Å²) in [6.07, 6.45) is 17.5. The van der Waals surface area contributed by atoms with E-state index in [1.807, 2.05) is 6.92 Å². The van der Waals surface area contributed by atoms with Crippen LogP contribution < -0.4 is 0 Å². The van der Waals surface area contributed by atoms with Gasteiger partial charge in [0.05, 0.1) is 0 Å². The number of carbonyl (C=O) groups is 1. The molecule has 0 atom stereocenters. The van der Waals surface area contributed by atoms with Crippen LogP contribution in [0.4, 0.5) is 0 Å². The molecule has 0 bridgehead atoms.